The Bertz CT molecular complexity index is 729. The maximum Gasteiger partial charge on any atom is 0.225 e. The summed E-state index contributed by atoms with van der Waals surface area (Å²) in [5.74, 6) is 1.18. The molecule has 0 unspecified atom stereocenters. The van der Waals surface area contributed by atoms with E-state index in [4.69, 9.17) is 21.8 Å². The summed E-state index contributed by atoms with van der Waals surface area (Å²) in [4.78, 5) is 8.50. The molecule has 3 N–H and O–H groups in total. The molecule has 0 aliphatic rings. The van der Waals surface area contributed by atoms with Crippen molar-refractivity contribution in [1.29, 1.82) is 0 Å². The summed E-state index contributed by atoms with van der Waals surface area (Å²) in [7, 11) is 0. The Balaban J connectivity index is 1.86. The molecule has 21 heavy (non-hydrogen) atoms. The van der Waals surface area contributed by atoms with Crippen molar-refractivity contribution in [2.24, 2.45) is 0 Å². The fraction of sp³-hybridized carbons (Fsp3) is 0.0667. The van der Waals surface area contributed by atoms with Gasteiger partial charge in [0.25, 0.3) is 0 Å². The monoisotopic (exact) mass is 300 g/mol. The van der Waals surface area contributed by atoms with Gasteiger partial charge in [-0.15, -0.1) is 0 Å². The molecule has 0 aliphatic heterocycles. The van der Waals surface area contributed by atoms with E-state index in [-0.39, 0.29) is 10.8 Å². The van der Waals surface area contributed by atoms with Gasteiger partial charge in [-0.1, -0.05) is 41.9 Å². The largest absolute Gasteiger partial charge is 0.463 e. The first-order valence-electron chi connectivity index (χ1n) is 6.39. The van der Waals surface area contributed by atoms with E-state index in [0.717, 1.165) is 5.56 Å². The van der Waals surface area contributed by atoms with Crippen LogP contribution in [0.3, 0.4) is 0 Å². The third kappa shape index (κ3) is 2.98. The van der Waals surface area contributed by atoms with E-state index in [1.165, 1.54) is 0 Å². The zero-order valence-electron chi connectivity index (χ0n) is 11.1. The quantitative estimate of drug-likeness (QED) is 0.770. The molecule has 0 bridgehead atoms. The van der Waals surface area contributed by atoms with E-state index >= 15 is 0 Å². The van der Waals surface area contributed by atoms with Gasteiger partial charge in [-0.25, -0.2) is 4.98 Å². The van der Waals surface area contributed by atoms with E-state index in [0.29, 0.717) is 23.9 Å². The van der Waals surface area contributed by atoms with Gasteiger partial charge in [-0.2, -0.15) is 4.98 Å². The summed E-state index contributed by atoms with van der Waals surface area (Å²) < 4.78 is 5.32. The number of nitrogen functional groups attached to an aromatic ring is 1. The van der Waals surface area contributed by atoms with Gasteiger partial charge in [0.2, 0.25) is 5.95 Å². The third-order valence-electron chi connectivity index (χ3n) is 2.92. The molecule has 106 valence electrons. The van der Waals surface area contributed by atoms with Gasteiger partial charge in [-0.3, -0.25) is 0 Å². The highest BCUT2D eigenvalue weighted by atomic mass is 35.5. The summed E-state index contributed by atoms with van der Waals surface area (Å²) in [6.07, 6.45) is 1.56. The van der Waals surface area contributed by atoms with Crippen LogP contribution in [0.15, 0.2) is 53.1 Å². The number of halogens is 1. The van der Waals surface area contributed by atoms with E-state index in [1.54, 1.807) is 18.4 Å². The first-order chi connectivity index (χ1) is 10.2. The second-order valence-corrected chi connectivity index (χ2v) is 4.79. The Morgan fingerprint density at radius 1 is 1.10 bits per heavy atom. The van der Waals surface area contributed by atoms with Crippen LogP contribution < -0.4 is 11.1 Å². The third-order valence-corrected chi connectivity index (χ3v) is 3.30. The first kappa shape index (κ1) is 13.5. The van der Waals surface area contributed by atoms with Crippen LogP contribution in [0.25, 0.3) is 11.5 Å². The number of nitrogens with one attached hydrogen (secondary N) is 1. The molecule has 6 heteroatoms. The summed E-state index contributed by atoms with van der Waals surface area (Å²) in [5, 5.41) is 3.42. The van der Waals surface area contributed by atoms with Crippen molar-refractivity contribution in [3.63, 3.8) is 0 Å². The van der Waals surface area contributed by atoms with Crippen molar-refractivity contribution in [2.75, 3.05) is 11.1 Å². The molecule has 2 aromatic heterocycles. The molecular formula is C15H13ClN4O. The fourth-order valence-electron chi connectivity index (χ4n) is 1.90. The van der Waals surface area contributed by atoms with Gasteiger partial charge in [-0.05, 0) is 17.7 Å². The van der Waals surface area contributed by atoms with Crippen molar-refractivity contribution in [1.82, 2.24) is 9.97 Å². The van der Waals surface area contributed by atoms with Crippen LogP contribution in [0.2, 0.25) is 5.02 Å². The molecule has 0 amide bonds. The zero-order chi connectivity index (χ0) is 14.7. The van der Waals surface area contributed by atoms with Crippen molar-refractivity contribution in [3.05, 3.63) is 59.3 Å². The standard InChI is InChI=1S/C15H13ClN4O/c16-12-13(11-7-4-8-21-11)19-15(20-14(12)17)18-9-10-5-2-1-3-6-10/h1-8H,9H2,(H3,17,18,19,20). The van der Waals surface area contributed by atoms with Crippen LogP contribution in [0.5, 0.6) is 0 Å². The second kappa shape index (κ2) is 5.85. The number of rotatable bonds is 4. The Kier molecular flexibility index (Phi) is 3.75. The number of benzene rings is 1. The number of furan rings is 1. The maximum atomic E-state index is 6.14. The van der Waals surface area contributed by atoms with Crippen LogP contribution in [0.4, 0.5) is 11.8 Å². The number of nitrogens with two attached hydrogens (primary N) is 1. The number of anilines is 2. The Morgan fingerprint density at radius 2 is 1.90 bits per heavy atom. The van der Waals surface area contributed by atoms with Crippen LogP contribution in [0, 0.1) is 0 Å². The first-order valence-corrected chi connectivity index (χ1v) is 6.76. The number of aromatic nitrogens is 2. The minimum atomic E-state index is 0.216. The summed E-state index contributed by atoms with van der Waals surface area (Å²) in [5.41, 5.74) is 7.43. The molecule has 0 saturated heterocycles. The van der Waals surface area contributed by atoms with E-state index in [1.807, 2.05) is 30.3 Å². The molecule has 1 aromatic carbocycles. The van der Waals surface area contributed by atoms with Crippen LogP contribution >= 0.6 is 11.6 Å². The van der Waals surface area contributed by atoms with Crippen molar-refractivity contribution in [3.8, 4) is 11.5 Å². The van der Waals surface area contributed by atoms with Crippen molar-refractivity contribution < 1.29 is 4.42 Å². The molecular weight excluding hydrogens is 288 g/mol. The number of nitrogens with zero attached hydrogens (tertiary/aromatic N) is 2. The average molecular weight is 301 g/mol. The number of hydrogen-bond acceptors (Lipinski definition) is 5. The van der Waals surface area contributed by atoms with Gasteiger partial charge in [0, 0.05) is 6.54 Å². The molecule has 3 rings (SSSR count). The smallest absolute Gasteiger partial charge is 0.225 e. The second-order valence-electron chi connectivity index (χ2n) is 4.41. The van der Waals surface area contributed by atoms with Crippen molar-refractivity contribution >= 4 is 23.4 Å². The summed E-state index contributed by atoms with van der Waals surface area (Å²) in [6, 6.07) is 13.5. The molecule has 0 spiro atoms. The molecule has 0 fully saturated rings. The molecule has 0 atom stereocenters. The molecule has 0 radical (unpaired) electrons. The van der Waals surface area contributed by atoms with Crippen molar-refractivity contribution in [2.45, 2.75) is 6.54 Å². The lowest BCUT2D eigenvalue weighted by molar-refractivity contribution is 0.580. The van der Waals surface area contributed by atoms with Gasteiger partial charge in [0.15, 0.2) is 5.76 Å². The highest BCUT2D eigenvalue weighted by Crippen LogP contribution is 2.30. The molecule has 2 heterocycles. The molecule has 3 aromatic rings. The molecule has 0 saturated carbocycles. The lowest BCUT2D eigenvalue weighted by atomic mass is 10.2. The highest BCUT2D eigenvalue weighted by molar-refractivity contribution is 6.35. The van der Waals surface area contributed by atoms with Gasteiger partial charge in [0.05, 0.1) is 6.26 Å². The maximum absolute atomic E-state index is 6.14. The predicted octanol–water partition coefficient (Wildman–Crippen LogP) is 3.58. The lowest BCUT2D eigenvalue weighted by Gasteiger charge is -2.09. The fourth-order valence-corrected chi connectivity index (χ4v) is 2.07. The normalized spacial score (nSPS) is 10.5. The average Bonchev–Trinajstić information content (AvgIpc) is 3.03. The van der Waals surface area contributed by atoms with Gasteiger partial charge in [0.1, 0.15) is 16.5 Å². The Labute approximate surface area is 126 Å². The van der Waals surface area contributed by atoms with E-state index in [9.17, 15) is 0 Å². The summed E-state index contributed by atoms with van der Waals surface area (Å²) in [6.45, 7) is 0.597. The predicted molar refractivity (Wildman–Crippen MR) is 82.9 cm³/mol. The summed E-state index contributed by atoms with van der Waals surface area (Å²) >= 11 is 6.14. The zero-order valence-corrected chi connectivity index (χ0v) is 11.8. The lowest BCUT2D eigenvalue weighted by Crippen LogP contribution is -2.06. The molecule has 5 nitrogen and oxygen atoms in total. The minimum absolute atomic E-state index is 0.216. The highest BCUT2D eigenvalue weighted by Gasteiger charge is 2.14. The topological polar surface area (TPSA) is 77.0 Å². The Hall–Kier alpha value is -2.53. The number of hydrogen-bond donors (Lipinski definition) is 2. The SMILES string of the molecule is Nc1nc(NCc2ccccc2)nc(-c2ccco2)c1Cl. The van der Waals surface area contributed by atoms with Crippen LogP contribution in [-0.2, 0) is 6.54 Å². The van der Waals surface area contributed by atoms with Gasteiger partial charge < -0.3 is 15.5 Å². The van der Waals surface area contributed by atoms with Crippen LogP contribution in [0.1, 0.15) is 5.56 Å². The van der Waals surface area contributed by atoms with E-state index < -0.39 is 0 Å². The molecule has 0 aliphatic carbocycles. The van der Waals surface area contributed by atoms with E-state index in [2.05, 4.69) is 15.3 Å². The minimum Gasteiger partial charge on any atom is -0.463 e. The van der Waals surface area contributed by atoms with Crippen LogP contribution in [-0.4, -0.2) is 9.97 Å². The Morgan fingerprint density at radius 3 is 2.62 bits per heavy atom. The van der Waals surface area contributed by atoms with Gasteiger partial charge >= 0.3 is 0 Å².